The second kappa shape index (κ2) is 16.3. The van der Waals surface area contributed by atoms with E-state index in [0.29, 0.717) is 6.42 Å². The van der Waals surface area contributed by atoms with Crippen LogP contribution in [0.2, 0.25) is 0 Å². The zero-order valence-electron chi connectivity index (χ0n) is 15.6. The molecule has 0 aliphatic carbocycles. The second-order valence-electron chi connectivity index (χ2n) is 7.07. The molecule has 0 saturated carbocycles. The Balaban J connectivity index is 3.23. The molecule has 3 heteroatoms. The molecule has 0 spiro atoms. The summed E-state index contributed by atoms with van der Waals surface area (Å²) in [7, 11) is 0. The smallest absolute Gasteiger partial charge is 0.309 e. The van der Waals surface area contributed by atoms with Crippen LogP contribution >= 0.6 is 0 Å². The number of rotatable bonds is 17. The monoisotopic (exact) mass is 328 g/mol. The predicted molar refractivity (Wildman–Crippen MR) is 97.7 cm³/mol. The third-order valence-electron chi connectivity index (χ3n) is 4.77. The van der Waals surface area contributed by atoms with Gasteiger partial charge in [-0.1, -0.05) is 96.8 Å². The largest absolute Gasteiger partial charge is 0.481 e. The number of aliphatic carboxylic acids is 1. The third kappa shape index (κ3) is 14.7. The summed E-state index contributed by atoms with van der Waals surface area (Å²) in [5.74, 6) is -1.46. The first-order valence-corrected chi connectivity index (χ1v) is 10.0. The SMILES string of the molecule is CCCCCCCCCCCCCCCCC(C(=O)O)C(C)O. The van der Waals surface area contributed by atoms with E-state index in [0.717, 1.165) is 12.8 Å². The van der Waals surface area contributed by atoms with Gasteiger partial charge in [0.05, 0.1) is 12.0 Å². The van der Waals surface area contributed by atoms with Crippen molar-refractivity contribution in [2.45, 2.75) is 116 Å². The summed E-state index contributed by atoms with van der Waals surface area (Å²) in [4.78, 5) is 10.9. The van der Waals surface area contributed by atoms with Crippen molar-refractivity contribution in [2.24, 2.45) is 5.92 Å². The van der Waals surface area contributed by atoms with Crippen LogP contribution < -0.4 is 0 Å². The number of unbranched alkanes of at least 4 members (excludes halogenated alkanes) is 13. The molecule has 0 fully saturated rings. The van der Waals surface area contributed by atoms with E-state index in [1.54, 1.807) is 6.92 Å². The molecule has 0 aliphatic heterocycles. The number of carboxylic acids is 1. The van der Waals surface area contributed by atoms with Crippen LogP contribution in [0.1, 0.15) is 110 Å². The fourth-order valence-corrected chi connectivity index (χ4v) is 3.13. The molecule has 0 saturated heterocycles. The van der Waals surface area contributed by atoms with E-state index < -0.39 is 18.0 Å². The molecule has 0 amide bonds. The van der Waals surface area contributed by atoms with Crippen LogP contribution in [-0.2, 0) is 4.79 Å². The fourth-order valence-electron chi connectivity index (χ4n) is 3.13. The standard InChI is InChI=1S/C20H40O3/c1-3-4-5-6-7-8-9-10-11-12-13-14-15-16-17-19(18(2)21)20(22)23/h18-19,21H,3-17H2,1-2H3,(H,22,23). The summed E-state index contributed by atoms with van der Waals surface area (Å²) < 4.78 is 0. The van der Waals surface area contributed by atoms with E-state index in [9.17, 15) is 9.90 Å². The number of aliphatic hydroxyl groups excluding tert-OH is 1. The first-order valence-electron chi connectivity index (χ1n) is 10.0. The maximum atomic E-state index is 10.9. The number of hydrogen-bond donors (Lipinski definition) is 2. The lowest BCUT2D eigenvalue weighted by Gasteiger charge is -2.14. The van der Waals surface area contributed by atoms with Crippen LogP contribution in [0, 0.1) is 5.92 Å². The van der Waals surface area contributed by atoms with Crippen LogP contribution in [0.3, 0.4) is 0 Å². The van der Waals surface area contributed by atoms with Crippen molar-refractivity contribution in [3.05, 3.63) is 0 Å². The van der Waals surface area contributed by atoms with Gasteiger partial charge in [0.25, 0.3) is 0 Å². The number of carbonyl (C=O) groups is 1. The average Bonchev–Trinajstić information content (AvgIpc) is 2.50. The van der Waals surface area contributed by atoms with E-state index in [2.05, 4.69) is 6.92 Å². The van der Waals surface area contributed by atoms with Gasteiger partial charge in [-0.3, -0.25) is 4.79 Å². The van der Waals surface area contributed by atoms with Gasteiger partial charge in [-0.2, -0.15) is 0 Å². The molecule has 138 valence electrons. The zero-order chi connectivity index (χ0) is 17.3. The predicted octanol–water partition coefficient (Wildman–Crippen LogP) is 5.94. The minimum atomic E-state index is -0.866. The molecule has 0 rings (SSSR count). The van der Waals surface area contributed by atoms with E-state index >= 15 is 0 Å². The van der Waals surface area contributed by atoms with E-state index in [4.69, 9.17) is 5.11 Å². The molecule has 23 heavy (non-hydrogen) atoms. The molecule has 0 aromatic rings. The lowest BCUT2D eigenvalue weighted by atomic mass is 9.96. The molecule has 2 atom stereocenters. The van der Waals surface area contributed by atoms with E-state index in [1.165, 1.54) is 77.0 Å². The number of aliphatic hydroxyl groups is 1. The van der Waals surface area contributed by atoms with Gasteiger partial charge in [0.15, 0.2) is 0 Å². The summed E-state index contributed by atoms with van der Waals surface area (Å²) in [6.07, 6.45) is 18.1. The van der Waals surface area contributed by atoms with Crippen molar-refractivity contribution in [3.8, 4) is 0 Å². The van der Waals surface area contributed by atoms with E-state index in [1.807, 2.05) is 0 Å². The lowest BCUT2D eigenvalue weighted by molar-refractivity contribution is -0.145. The van der Waals surface area contributed by atoms with Crippen LogP contribution in [-0.4, -0.2) is 22.3 Å². The Morgan fingerprint density at radius 3 is 1.39 bits per heavy atom. The van der Waals surface area contributed by atoms with Crippen LogP contribution in [0.25, 0.3) is 0 Å². The van der Waals surface area contributed by atoms with Gasteiger partial charge >= 0.3 is 5.97 Å². The Morgan fingerprint density at radius 1 is 0.739 bits per heavy atom. The molecule has 0 aromatic carbocycles. The number of hydrogen-bond acceptors (Lipinski definition) is 2. The normalized spacial score (nSPS) is 13.9. The van der Waals surface area contributed by atoms with Crippen LogP contribution in [0.5, 0.6) is 0 Å². The molecule has 2 unspecified atom stereocenters. The highest BCUT2D eigenvalue weighted by Crippen LogP contribution is 2.17. The summed E-state index contributed by atoms with van der Waals surface area (Å²) in [6.45, 7) is 3.83. The molecule has 0 bridgehead atoms. The Bertz CT molecular complexity index is 264. The molecule has 2 N–H and O–H groups in total. The lowest BCUT2D eigenvalue weighted by Crippen LogP contribution is -2.25. The molecular weight excluding hydrogens is 288 g/mol. The first kappa shape index (κ1) is 22.4. The highest BCUT2D eigenvalue weighted by Gasteiger charge is 2.21. The Kier molecular flexibility index (Phi) is 15.9. The van der Waals surface area contributed by atoms with Gasteiger partial charge in [-0.25, -0.2) is 0 Å². The van der Waals surface area contributed by atoms with Crippen LogP contribution in [0.15, 0.2) is 0 Å². The van der Waals surface area contributed by atoms with Gasteiger partial charge < -0.3 is 10.2 Å². The van der Waals surface area contributed by atoms with Crippen molar-refractivity contribution in [1.29, 1.82) is 0 Å². The van der Waals surface area contributed by atoms with Gasteiger partial charge in [-0.15, -0.1) is 0 Å². The van der Waals surface area contributed by atoms with Gasteiger partial charge in [0, 0.05) is 0 Å². The maximum Gasteiger partial charge on any atom is 0.309 e. The van der Waals surface area contributed by atoms with Crippen molar-refractivity contribution < 1.29 is 15.0 Å². The third-order valence-corrected chi connectivity index (χ3v) is 4.77. The second-order valence-corrected chi connectivity index (χ2v) is 7.07. The highest BCUT2D eigenvalue weighted by molar-refractivity contribution is 5.70. The average molecular weight is 329 g/mol. The summed E-state index contributed by atoms with van der Waals surface area (Å²) >= 11 is 0. The summed E-state index contributed by atoms with van der Waals surface area (Å²) in [5.41, 5.74) is 0. The Hall–Kier alpha value is -0.570. The topological polar surface area (TPSA) is 57.5 Å². The van der Waals surface area contributed by atoms with Crippen molar-refractivity contribution >= 4 is 5.97 Å². The minimum Gasteiger partial charge on any atom is -0.481 e. The van der Waals surface area contributed by atoms with Crippen molar-refractivity contribution in [3.63, 3.8) is 0 Å². The minimum absolute atomic E-state index is 0.590. The zero-order valence-corrected chi connectivity index (χ0v) is 15.6. The Morgan fingerprint density at radius 2 is 1.09 bits per heavy atom. The summed E-state index contributed by atoms with van der Waals surface area (Å²) in [6, 6.07) is 0. The molecular formula is C20H40O3. The van der Waals surface area contributed by atoms with Gasteiger partial charge in [0.1, 0.15) is 0 Å². The van der Waals surface area contributed by atoms with Crippen molar-refractivity contribution in [2.75, 3.05) is 0 Å². The first-order chi connectivity index (χ1) is 11.1. The van der Waals surface area contributed by atoms with Gasteiger partial charge in [0.2, 0.25) is 0 Å². The summed E-state index contributed by atoms with van der Waals surface area (Å²) in [5, 5.41) is 18.4. The van der Waals surface area contributed by atoms with Crippen LogP contribution in [0.4, 0.5) is 0 Å². The Labute approximate surface area is 143 Å². The van der Waals surface area contributed by atoms with E-state index in [-0.39, 0.29) is 0 Å². The van der Waals surface area contributed by atoms with Crippen molar-refractivity contribution in [1.82, 2.24) is 0 Å². The molecule has 0 heterocycles. The highest BCUT2D eigenvalue weighted by atomic mass is 16.4. The van der Waals surface area contributed by atoms with Gasteiger partial charge in [-0.05, 0) is 13.3 Å². The molecule has 0 aliphatic rings. The fraction of sp³-hybridized carbons (Fsp3) is 0.950. The molecule has 0 radical (unpaired) electrons. The molecule has 3 nitrogen and oxygen atoms in total. The molecule has 0 aromatic heterocycles. The maximum absolute atomic E-state index is 10.9. The quantitative estimate of drug-likeness (QED) is 0.325. The number of carboxylic acid groups (broad SMARTS) is 1.